The van der Waals surface area contributed by atoms with E-state index in [4.69, 9.17) is 0 Å². The Morgan fingerprint density at radius 3 is 2.23 bits per heavy atom. The van der Waals surface area contributed by atoms with E-state index in [1.807, 2.05) is 0 Å². The van der Waals surface area contributed by atoms with Crippen LogP contribution in [0.3, 0.4) is 0 Å². The van der Waals surface area contributed by atoms with Crippen molar-refractivity contribution in [2.24, 2.45) is 0 Å². The Morgan fingerprint density at radius 1 is 0.962 bits per heavy atom. The van der Waals surface area contributed by atoms with Crippen molar-refractivity contribution in [2.75, 3.05) is 19.7 Å². The second-order valence-corrected chi connectivity index (χ2v) is 4.95. The van der Waals surface area contributed by atoms with Crippen molar-refractivity contribution in [3.05, 3.63) is 35.9 Å². The summed E-state index contributed by atoms with van der Waals surface area (Å²) in [6, 6.07) is 7.37. The molecule has 0 saturated carbocycles. The first-order valence-corrected chi connectivity index (χ1v) is 7.26. The predicted octanol–water partition coefficient (Wildman–Crippen LogP) is 0.277. The molecule has 0 aliphatic carbocycles. The van der Waals surface area contributed by atoms with E-state index in [0.717, 1.165) is 5.56 Å². The number of imide groups is 1. The molecule has 142 valence electrons. The summed E-state index contributed by atoms with van der Waals surface area (Å²) in [6.45, 7) is -2.99. The van der Waals surface area contributed by atoms with E-state index in [-0.39, 0.29) is 6.42 Å². The van der Waals surface area contributed by atoms with Gasteiger partial charge in [-0.05, 0) is 5.56 Å². The zero-order valence-corrected chi connectivity index (χ0v) is 13.4. The first-order valence-electron chi connectivity index (χ1n) is 7.26. The van der Waals surface area contributed by atoms with Crippen molar-refractivity contribution in [1.29, 1.82) is 0 Å². The van der Waals surface area contributed by atoms with Gasteiger partial charge in [-0.15, -0.1) is 0 Å². The number of ether oxygens (including phenoxy) is 1. The molecule has 0 heterocycles. The van der Waals surface area contributed by atoms with Crippen molar-refractivity contribution in [2.45, 2.75) is 12.6 Å². The Balaban J connectivity index is 2.20. The Labute approximate surface area is 146 Å². The number of esters is 1. The molecule has 8 nitrogen and oxygen atoms in total. The average molecular weight is 375 g/mol. The number of alkyl halides is 3. The van der Waals surface area contributed by atoms with E-state index in [9.17, 15) is 32.3 Å². The summed E-state index contributed by atoms with van der Waals surface area (Å²) in [6.07, 6.45) is -4.57. The van der Waals surface area contributed by atoms with Crippen LogP contribution in [-0.2, 0) is 25.5 Å². The van der Waals surface area contributed by atoms with Gasteiger partial charge in [0.1, 0.15) is 13.1 Å². The predicted molar refractivity (Wildman–Crippen MR) is 81.7 cm³/mol. The number of urea groups is 1. The van der Waals surface area contributed by atoms with E-state index < -0.39 is 49.7 Å². The number of hydrogen-bond donors (Lipinski definition) is 3. The highest BCUT2D eigenvalue weighted by molar-refractivity contribution is 5.95. The average Bonchev–Trinajstić information content (AvgIpc) is 2.56. The fourth-order valence-corrected chi connectivity index (χ4v) is 1.60. The summed E-state index contributed by atoms with van der Waals surface area (Å²) in [5, 5.41) is 5.25. The first-order chi connectivity index (χ1) is 12.2. The maximum absolute atomic E-state index is 11.9. The Morgan fingerprint density at radius 2 is 1.62 bits per heavy atom. The van der Waals surface area contributed by atoms with E-state index in [2.05, 4.69) is 10.1 Å². The van der Waals surface area contributed by atoms with Crippen LogP contribution in [0.4, 0.5) is 18.0 Å². The van der Waals surface area contributed by atoms with E-state index in [0.29, 0.717) is 0 Å². The van der Waals surface area contributed by atoms with Crippen LogP contribution in [0.2, 0.25) is 0 Å². The molecule has 0 aromatic heterocycles. The third kappa shape index (κ3) is 9.90. The smallest absolute Gasteiger partial charge is 0.405 e. The quantitative estimate of drug-likeness (QED) is 0.593. The van der Waals surface area contributed by atoms with Crippen LogP contribution in [0, 0.1) is 0 Å². The lowest BCUT2D eigenvalue weighted by atomic mass is 10.1. The van der Waals surface area contributed by atoms with Crippen LogP contribution in [0.1, 0.15) is 5.56 Å². The number of benzene rings is 1. The highest BCUT2D eigenvalue weighted by Gasteiger charge is 2.28. The zero-order chi connectivity index (χ0) is 19.6. The SMILES string of the molecule is O=C(Cc1ccccc1)NCC(=O)OCC(=O)NC(=O)NCC(F)(F)F. The lowest BCUT2D eigenvalue weighted by Gasteiger charge is -2.09. The highest BCUT2D eigenvalue weighted by Crippen LogP contribution is 2.11. The van der Waals surface area contributed by atoms with Crippen LogP contribution in [0.15, 0.2) is 30.3 Å². The van der Waals surface area contributed by atoms with Gasteiger partial charge >= 0.3 is 18.2 Å². The summed E-state index contributed by atoms with van der Waals surface area (Å²) >= 11 is 0. The molecule has 0 spiro atoms. The molecule has 0 radical (unpaired) electrons. The van der Waals surface area contributed by atoms with Gasteiger partial charge in [-0.2, -0.15) is 13.2 Å². The number of rotatable bonds is 7. The van der Waals surface area contributed by atoms with Gasteiger partial charge in [0.25, 0.3) is 5.91 Å². The van der Waals surface area contributed by atoms with Gasteiger partial charge in [-0.3, -0.25) is 19.7 Å². The molecular formula is C15H16F3N3O5. The number of amides is 4. The fraction of sp³-hybridized carbons (Fsp3) is 0.333. The minimum atomic E-state index is -4.62. The van der Waals surface area contributed by atoms with Crippen LogP contribution in [0.25, 0.3) is 0 Å². The zero-order valence-electron chi connectivity index (χ0n) is 13.4. The van der Waals surface area contributed by atoms with Crippen LogP contribution >= 0.6 is 0 Å². The van der Waals surface area contributed by atoms with Crippen molar-refractivity contribution in [3.63, 3.8) is 0 Å². The van der Waals surface area contributed by atoms with E-state index >= 15 is 0 Å². The standard InChI is InChI=1S/C15H16F3N3O5/c16-15(17,18)9-20-14(25)21-12(23)8-26-13(24)7-19-11(22)6-10-4-2-1-3-5-10/h1-5H,6-9H2,(H,19,22)(H2,20,21,23,25). The lowest BCUT2D eigenvalue weighted by Crippen LogP contribution is -2.45. The largest absolute Gasteiger partial charge is 0.454 e. The second kappa shape index (κ2) is 10.0. The van der Waals surface area contributed by atoms with Crippen LogP contribution < -0.4 is 16.0 Å². The summed E-state index contributed by atoms with van der Waals surface area (Å²) in [7, 11) is 0. The molecule has 0 aliphatic rings. The van der Waals surface area contributed by atoms with Crippen molar-refractivity contribution >= 4 is 23.8 Å². The van der Waals surface area contributed by atoms with E-state index in [1.54, 1.807) is 35.6 Å². The fourth-order valence-electron chi connectivity index (χ4n) is 1.60. The molecule has 1 aromatic rings. The molecule has 1 rings (SSSR count). The molecule has 4 amide bonds. The molecule has 11 heteroatoms. The molecule has 0 bridgehead atoms. The van der Waals surface area contributed by atoms with Crippen molar-refractivity contribution in [1.82, 2.24) is 16.0 Å². The second-order valence-electron chi connectivity index (χ2n) is 4.95. The maximum atomic E-state index is 11.9. The Hall–Kier alpha value is -3.11. The maximum Gasteiger partial charge on any atom is 0.405 e. The minimum Gasteiger partial charge on any atom is -0.454 e. The van der Waals surface area contributed by atoms with Gasteiger partial charge in [0.2, 0.25) is 5.91 Å². The monoisotopic (exact) mass is 375 g/mol. The van der Waals surface area contributed by atoms with Crippen molar-refractivity contribution < 1.29 is 37.1 Å². The van der Waals surface area contributed by atoms with Gasteiger partial charge in [-0.1, -0.05) is 30.3 Å². The number of hydrogen-bond acceptors (Lipinski definition) is 5. The molecule has 0 atom stereocenters. The summed E-state index contributed by atoms with van der Waals surface area (Å²) in [4.78, 5) is 45.2. The molecule has 0 fully saturated rings. The van der Waals surface area contributed by atoms with Gasteiger partial charge in [0, 0.05) is 0 Å². The summed E-state index contributed by atoms with van der Waals surface area (Å²) in [5.41, 5.74) is 0.739. The minimum absolute atomic E-state index is 0.0496. The molecule has 1 aromatic carbocycles. The topological polar surface area (TPSA) is 114 Å². The third-order valence-electron chi connectivity index (χ3n) is 2.70. The Bertz CT molecular complexity index is 650. The molecule has 3 N–H and O–H groups in total. The Kier molecular flexibility index (Phi) is 8.06. The number of halogens is 3. The molecular weight excluding hydrogens is 359 g/mol. The normalized spacial score (nSPS) is 10.6. The number of carbonyl (C=O) groups is 4. The molecule has 26 heavy (non-hydrogen) atoms. The number of carbonyl (C=O) groups excluding carboxylic acids is 4. The molecule has 0 saturated heterocycles. The summed E-state index contributed by atoms with van der Waals surface area (Å²) in [5.74, 6) is -2.50. The lowest BCUT2D eigenvalue weighted by molar-refractivity contribution is -0.148. The highest BCUT2D eigenvalue weighted by atomic mass is 19.4. The number of nitrogens with one attached hydrogen (secondary N) is 3. The molecule has 0 unspecified atom stereocenters. The van der Waals surface area contributed by atoms with E-state index in [1.165, 1.54) is 5.32 Å². The van der Waals surface area contributed by atoms with Gasteiger partial charge in [0.15, 0.2) is 6.61 Å². The van der Waals surface area contributed by atoms with Crippen LogP contribution in [0.5, 0.6) is 0 Å². The summed E-state index contributed by atoms with van der Waals surface area (Å²) < 4.78 is 40.1. The third-order valence-corrected chi connectivity index (χ3v) is 2.70. The van der Waals surface area contributed by atoms with Crippen LogP contribution in [-0.4, -0.2) is 49.7 Å². The van der Waals surface area contributed by atoms with Gasteiger partial charge < -0.3 is 15.4 Å². The van der Waals surface area contributed by atoms with Gasteiger partial charge in [0.05, 0.1) is 6.42 Å². The van der Waals surface area contributed by atoms with Gasteiger partial charge in [-0.25, -0.2) is 4.79 Å². The molecule has 0 aliphatic heterocycles. The first kappa shape index (κ1) is 20.9. The van der Waals surface area contributed by atoms with Crippen molar-refractivity contribution in [3.8, 4) is 0 Å².